The third-order valence-corrected chi connectivity index (χ3v) is 4.44. The number of ether oxygens (including phenoxy) is 2. The average Bonchev–Trinajstić information content (AvgIpc) is 3.12. The van der Waals surface area contributed by atoms with Crippen molar-refractivity contribution in [2.75, 3.05) is 19.5 Å². The molecule has 1 aromatic heterocycles. The van der Waals surface area contributed by atoms with Crippen LogP contribution in [0.25, 0.3) is 5.69 Å². The minimum Gasteiger partial charge on any atom is -0.497 e. The minimum atomic E-state index is -0.366. The quantitative estimate of drug-likeness (QED) is 0.644. The van der Waals surface area contributed by atoms with E-state index in [4.69, 9.17) is 21.1 Å². The second-order valence-electron chi connectivity index (χ2n) is 6.04. The van der Waals surface area contributed by atoms with Crippen LogP contribution in [-0.2, 0) is 6.42 Å². The van der Waals surface area contributed by atoms with Crippen LogP contribution in [0.3, 0.4) is 0 Å². The molecule has 0 atom stereocenters. The summed E-state index contributed by atoms with van der Waals surface area (Å²) in [5.74, 6) is 0.765. The van der Waals surface area contributed by atoms with E-state index in [0.717, 1.165) is 17.8 Å². The summed E-state index contributed by atoms with van der Waals surface area (Å²) in [4.78, 5) is 12.9. The lowest BCUT2D eigenvalue weighted by molar-refractivity contribution is 0.102. The number of halogens is 1. The summed E-state index contributed by atoms with van der Waals surface area (Å²) in [6.07, 6.45) is 1.48. The van der Waals surface area contributed by atoms with E-state index < -0.39 is 0 Å². The first-order valence-corrected chi connectivity index (χ1v) is 9.19. The van der Waals surface area contributed by atoms with Gasteiger partial charge in [-0.3, -0.25) is 4.79 Å². The third kappa shape index (κ3) is 4.09. The molecule has 0 aliphatic rings. The van der Waals surface area contributed by atoms with Gasteiger partial charge in [0.1, 0.15) is 11.5 Å². The molecule has 0 aliphatic carbocycles. The van der Waals surface area contributed by atoms with Crippen LogP contribution in [-0.4, -0.2) is 35.1 Å². The molecule has 28 heavy (non-hydrogen) atoms. The van der Waals surface area contributed by atoms with E-state index in [2.05, 4.69) is 15.6 Å². The molecule has 0 aliphatic heterocycles. The van der Waals surface area contributed by atoms with Crippen molar-refractivity contribution in [1.29, 1.82) is 0 Å². The number of carbonyl (C=O) groups excluding carboxylic acids is 1. The molecule has 0 saturated heterocycles. The van der Waals surface area contributed by atoms with Crippen LogP contribution >= 0.6 is 11.6 Å². The first-order valence-electron chi connectivity index (χ1n) is 8.81. The number of nitrogens with zero attached hydrogens (tertiary/aromatic N) is 3. The van der Waals surface area contributed by atoms with E-state index in [1.165, 1.54) is 7.11 Å². The first kappa shape index (κ1) is 19.7. The number of hydrogen-bond donors (Lipinski definition) is 1. The highest BCUT2D eigenvalue weighted by atomic mass is 35.5. The van der Waals surface area contributed by atoms with Gasteiger partial charge in [-0.1, -0.05) is 30.2 Å². The number of anilines is 1. The van der Waals surface area contributed by atoms with Crippen LogP contribution in [0.1, 0.15) is 29.5 Å². The number of rotatable bonds is 7. The zero-order chi connectivity index (χ0) is 20.1. The molecule has 7 nitrogen and oxygen atoms in total. The molecule has 0 bridgehead atoms. The Morgan fingerprint density at radius 2 is 1.89 bits per heavy atom. The Kier molecular flexibility index (Phi) is 6.16. The Morgan fingerprint density at radius 3 is 2.54 bits per heavy atom. The van der Waals surface area contributed by atoms with Gasteiger partial charge < -0.3 is 14.8 Å². The van der Waals surface area contributed by atoms with Crippen molar-refractivity contribution < 1.29 is 14.3 Å². The monoisotopic (exact) mass is 400 g/mol. The lowest BCUT2D eigenvalue weighted by Gasteiger charge is -2.12. The lowest BCUT2D eigenvalue weighted by atomic mass is 10.2. The molecule has 0 fully saturated rings. The minimum absolute atomic E-state index is 0.265. The van der Waals surface area contributed by atoms with Gasteiger partial charge in [0.2, 0.25) is 0 Å². The van der Waals surface area contributed by atoms with Gasteiger partial charge in [0.05, 0.1) is 31.3 Å². The Bertz CT molecular complexity index is 970. The van der Waals surface area contributed by atoms with Gasteiger partial charge >= 0.3 is 0 Å². The lowest BCUT2D eigenvalue weighted by Crippen LogP contribution is -2.16. The van der Waals surface area contributed by atoms with Crippen molar-refractivity contribution in [2.45, 2.75) is 19.8 Å². The zero-order valence-corrected chi connectivity index (χ0v) is 16.7. The highest BCUT2D eigenvalue weighted by Crippen LogP contribution is 2.29. The summed E-state index contributed by atoms with van der Waals surface area (Å²) in [7, 11) is 3.10. The highest BCUT2D eigenvalue weighted by molar-refractivity contribution is 6.30. The van der Waals surface area contributed by atoms with E-state index in [9.17, 15) is 4.79 Å². The largest absolute Gasteiger partial charge is 0.497 e. The van der Waals surface area contributed by atoms with Gasteiger partial charge in [-0.2, -0.15) is 0 Å². The van der Waals surface area contributed by atoms with Gasteiger partial charge in [0, 0.05) is 11.1 Å². The maximum Gasteiger partial charge on any atom is 0.278 e. The number of aromatic nitrogens is 3. The van der Waals surface area contributed by atoms with E-state index in [1.54, 1.807) is 42.1 Å². The van der Waals surface area contributed by atoms with Crippen LogP contribution in [0.5, 0.6) is 11.5 Å². The van der Waals surface area contributed by atoms with Gasteiger partial charge in [-0.15, -0.1) is 5.10 Å². The maximum absolute atomic E-state index is 12.9. The summed E-state index contributed by atoms with van der Waals surface area (Å²) in [6, 6.07) is 12.4. The SMILES string of the molecule is CCCc1c(C(=O)Nc2cc(OC)ccc2OC)nnn1-c1ccc(Cl)cc1. The number of nitrogens with one attached hydrogen (secondary N) is 1. The molecule has 1 amide bonds. The number of benzene rings is 2. The fraction of sp³-hybridized carbons (Fsp3) is 0.250. The number of hydrogen-bond acceptors (Lipinski definition) is 5. The molecule has 2 aromatic carbocycles. The third-order valence-electron chi connectivity index (χ3n) is 4.19. The number of carbonyl (C=O) groups is 1. The summed E-state index contributed by atoms with van der Waals surface area (Å²) in [5.41, 5.74) is 2.28. The topological polar surface area (TPSA) is 78.3 Å². The predicted octanol–water partition coefficient (Wildman–Crippen LogP) is 4.14. The first-order chi connectivity index (χ1) is 13.6. The normalized spacial score (nSPS) is 10.6. The molecular weight excluding hydrogens is 380 g/mol. The van der Waals surface area contributed by atoms with Crippen molar-refractivity contribution in [3.63, 3.8) is 0 Å². The Hall–Kier alpha value is -3.06. The van der Waals surface area contributed by atoms with E-state index in [0.29, 0.717) is 28.6 Å². The van der Waals surface area contributed by atoms with Crippen molar-refractivity contribution in [2.24, 2.45) is 0 Å². The fourth-order valence-electron chi connectivity index (χ4n) is 2.82. The second kappa shape index (κ2) is 8.75. The smallest absolute Gasteiger partial charge is 0.278 e. The summed E-state index contributed by atoms with van der Waals surface area (Å²) < 4.78 is 12.2. The molecule has 0 unspecified atom stereocenters. The summed E-state index contributed by atoms with van der Waals surface area (Å²) in [6.45, 7) is 2.03. The van der Waals surface area contributed by atoms with Crippen molar-refractivity contribution >= 4 is 23.2 Å². The van der Waals surface area contributed by atoms with Crippen LogP contribution in [0.15, 0.2) is 42.5 Å². The Morgan fingerprint density at radius 1 is 1.14 bits per heavy atom. The molecule has 1 heterocycles. The van der Waals surface area contributed by atoms with E-state index in [-0.39, 0.29) is 11.6 Å². The van der Waals surface area contributed by atoms with Gasteiger partial charge in [0.25, 0.3) is 5.91 Å². The molecule has 146 valence electrons. The highest BCUT2D eigenvalue weighted by Gasteiger charge is 2.21. The second-order valence-corrected chi connectivity index (χ2v) is 6.48. The van der Waals surface area contributed by atoms with Crippen LogP contribution in [0, 0.1) is 0 Å². The maximum atomic E-state index is 12.9. The number of methoxy groups -OCH3 is 2. The number of amides is 1. The average molecular weight is 401 g/mol. The molecule has 1 N–H and O–H groups in total. The summed E-state index contributed by atoms with van der Waals surface area (Å²) in [5, 5.41) is 11.8. The predicted molar refractivity (Wildman–Crippen MR) is 108 cm³/mol. The molecular formula is C20H21ClN4O3. The van der Waals surface area contributed by atoms with Crippen LogP contribution in [0.4, 0.5) is 5.69 Å². The molecule has 0 saturated carbocycles. The van der Waals surface area contributed by atoms with Crippen molar-refractivity contribution in [3.8, 4) is 17.2 Å². The Balaban J connectivity index is 1.95. The molecule has 8 heteroatoms. The standard InChI is InChI=1S/C20H21ClN4O3/c1-4-5-17-19(23-24-25(17)14-8-6-13(21)7-9-14)20(26)22-16-12-15(27-2)10-11-18(16)28-3/h6-12H,4-5H2,1-3H3,(H,22,26). The van der Waals surface area contributed by atoms with Gasteiger partial charge in [-0.25, -0.2) is 4.68 Å². The van der Waals surface area contributed by atoms with Crippen LogP contribution < -0.4 is 14.8 Å². The van der Waals surface area contributed by atoms with Crippen LogP contribution in [0.2, 0.25) is 5.02 Å². The molecule has 0 spiro atoms. The molecule has 3 rings (SSSR count). The molecule has 0 radical (unpaired) electrons. The molecule has 3 aromatic rings. The summed E-state index contributed by atoms with van der Waals surface area (Å²) >= 11 is 5.97. The zero-order valence-electron chi connectivity index (χ0n) is 15.9. The van der Waals surface area contributed by atoms with Crippen molar-refractivity contribution in [1.82, 2.24) is 15.0 Å². The fourth-order valence-corrected chi connectivity index (χ4v) is 2.95. The van der Waals surface area contributed by atoms with E-state index >= 15 is 0 Å². The van der Waals surface area contributed by atoms with Gasteiger partial charge in [-0.05, 0) is 42.8 Å². The Labute approximate surface area is 168 Å². The van der Waals surface area contributed by atoms with Crippen molar-refractivity contribution in [3.05, 3.63) is 58.9 Å². The van der Waals surface area contributed by atoms with E-state index in [1.807, 2.05) is 19.1 Å². The van der Waals surface area contributed by atoms with Gasteiger partial charge in [0.15, 0.2) is 5.69 Å².